The molecule has 2 aromatic rings. The van der Waals surface area contributed by atoms with Crippen molar-refractivity contribution in [3.8, 4) is 0 Å². The lowest BCUT2D eigenvalue weighted by Crippen LogP contribution is -2.48. The zero-order valence-electron chi connectivity index (χ0n) is 15.6. The fourth-order valence-electron chi connectivity index (χ4n) is 3.86. The fourth-order valence-corrected chi connectivity index (χ4v) is 3.86. The highest BCUT2D eigenvalue weighted by Crippen LogP contribution is 2.24. The van der Waals surface area contributed by atoms with E-state index in [4.69, 9.17) is 4.84 Å². The number of amides is 1. The number of oxime groups is 1. The van der Waals surface area contributed by atoms with Gasteiger partial charge in [-0.1, -0.05) is 53.7 Å². The van der Waals surface area contributed by atoms with Crippen LogP contribution in [0.4, 0.5) is 5.69 Å². The quantitative estimate of drug-likeness (QED) is 0.837. The molecule has 1 saturated heterocycles. The normalized spacial score (nSPS) is 20.1. The van der Waals surface area contributed by atoms with Gasteiger partial charge in [-0.3, -0.25) is 4.79 Å². The van der Waals surface area contributed by atoms with Crippen molar-refractivity contribution < 1.29 is 9.63 Å². The molecule has 0 aromatic heterocycles. The highest BCUT2D eigenvalue weighted by atomic mass is 16.6. The Kier molecular flexibility index (Phi) is 5.10. The number of rotatable bonds is 4. The van der Waals surface area contributed by atoms with Gasteiger partial charge in [-0.05, 0) is 30.5 Å². The first kappa shape index (κ1) is 17.6. The van der Waals surface area contributed by atoms with Crippen LogP contribution < -0.4 is 4.90 Å². The van der Waals surface area contributed by atoms with Crippen molar-refractivity contribution in [2.24, 2.45) is 5.16 Å². The zero-order valence-corrected chi connectivity index (χ0v) is 15.6. The molecule has 0 bridgehead atoms. The minimum atomic E-state index is -0.483. The van der Waals surface area contributed by atoms with Gasteiger partial charge < -0.3 is 14.6 Å². The van der Waals surface area contributed by atoms with Crippen molar-refractivity contribution in [2.45, 2.75) is 31.4 Å². The Morgan fingerprint density at radius 3 is 2.33 bits per heavy atom. The maximum Gasteiger partial charge on any atom is 0.266 e. The Morgan fingerprint density at radius 2 is 1.67 bits per heavy atom. The summed E-state index contributed by atoms with van der Waals surface area (Å²) >= 11 is 0. The number of nitrogens with zero attached hydrogens (tertiary/aromatic N) is 3. The summed E-state index contributed by atoms with van der Waals surface area (Å²) in [7, 11) is 2.14. The summed E-state index contributed by atoms with van der Waals surface area (Å²) in [5.41, 5.74) is 3.10. The topological polar surface area (TPSA) is 45.1 Å². The first-order valence-electron chi connectivity index (χ1n) is 9.57. The molecule has 0 saturated carbocycles. The highest BCUT2D eigenvalue weighted by Gasteiger charge is 2.34. The Balaban J connectivity index is 1.31. The lowest BCUT2D eigenvalue weighted by Gasteiger charge is -2.38. The second kappa shape index (κ2) is 7.82. The van der Waals surface area contributed by atoms with Crippen molar-refractivity contribution >= 4 is 17.3 Å². The van der Waals surface area contributed by atoms with E-state index in [1.54, 1.807) is 0 Å². The number of piperidine rings is 1. The van der Waals surface area contributed by atoms with Crippen LogP contribution in [0.2, 0.25) is 0 Å². The van der Waals surface area contributed by atoms with Gasteiger partial charge in [0, 0.05) is 38.3 Å². The van der Waals surface area contributed by atoms with Crippen LogP contribution in [-0.4, -0.2) is 48.8 Å². The van der Waals surface area contributed by atoms with E-state index in [9.17, 15) is 4.79 Å². The van der Waals surface area contributed by atoms with Gasteiger partial charge in [0.05, 0.1) is 5.71 Å². The number of benzene rings is 2. The lowest BCUT2D eigenvalue weighted by molar-refractivity contribution is -0.143. The second-order valence-corrected chi connectivity index (χ2v) is 7.21. The summed E-state index contributed by atoms with van der Waals surface area (Å²) in [4.78, 5) is 22.6. The third-order valence-electron chi connectivity index (χ3n) is 5.54. The maximum absolute atomic E-state index is 12.8. The van der Waals surface area contributed by atoms with Crippen LogP contribution in [0.1, 0.15) is 24.8 Å². The van der Waals surface area contributed by atoms with Gasteiger partial charge >= 0.3 is 0 Å². The molecule has 2 aliphatic heterocycles. The largest absolute Gasteiger partial charge is 0.382 e. The van der Waals surface area contributed by atoms with Gasteiger partial charge in [0.1, 0.15) is 0 Å². The number of likely N-dealkylation sites (tertiary alicyclic amines) is 1. The number of carbonyl (C=O) groups is 1. The van der Waals surface area contributed by atoms with Crippen LogP contribution >= 0.6 is 0 Å². The molecule has 0 unspecified atom stereocenters. The molecule has 5 heteroatoms. The van der Waals surface area contributed by atoms with E-state index in [1.807, 2.05) is 41.3 Å². The molecule has 1 amide bonds. The van der Waals surface area contributed by atoms with Gasteiger partial charge in [-0.25, -0.2) is 0 Å². The average molecular weight is 363 g/mol. The number of anilines is 1. The number of carbonyl (C=O) groups excluding carboxylic acids is 1. The van der Waals surface area contributed by atoms with E-state index in [2.05, 4.69) is 41.4 Å². The second-order valence-electron chi connectivity index (χ2n) is 7.21. The molecular formula is C22H25N3O2. The smallest absolute Gasteiger partial charge is 0.266 e. The minimum absolute atomic E-state index is 0.0606. The van der Waals surface area contributed by atoms with Crippen LogP contribution in [0.25, 0.3) is 0 Å². The van der Waals surface area contributed by atoms with Crippen molar-refractivity contribution in [1.29, 1.82) is 0 Å². The Labute approximate surface area is 160 Å². The van der Waals surface area contributed by atoms with Gasteiger partial charge in [0.2, 0.25) is 6.10 Å². The predicted octanol–water partition coefficient (Wildman–Crippen LogP) is 3.31. The molecule has 2 heterocycles. The molecule has 27 heavy (non-hydrogen) atoms. The molecule has 2 aliphatic rings. The van der Waals surface area contributed by atoms with Crippen molar-refractivity contribution in [1.82, 2.24) is 4.90 Å². The van der Waals surface area contributed by atoms with Crippen LogP contribution in [0, 0.1) is 0 Å². The molecule has 4 rings (SSSR count). The summed E-state index contributed by atoms with van der Waals surface area (Å²) < 4.78 is 0. The first-order chi connectivity index (χ1) is 13.2. The average Bonchev–Trinajstić information content (AvgIpc) is 3.24. The van der Waals surface area contributed by atoms with Crippen LogP contribution in [0.3, 0.4) is 0 Å². The molecular weight excluding hydrogens is 338 g/mol. The molecule has 140 valence electrons. The van der Waals surface area contributed by atoms with Crippen molar-refractivity contribution in [3.63, 3.8) is 0 Å². The van der Waals surface area contributed by atoms with E-state index in [-0.39, 0.29) is 5.91 Å². The fraction of sp³-hybridized carbons (Fsp3) is 0.364. The molecule has 1 fully saturated rings. The Hall–Kier alpha value is -2.82. The third kappa shape index (κ3) is 3.82. The van der Waals surface area contributed by atoms with E-state index < -0.39 is 6.10 Å². The molecule has 0 spiro atoms. The van der Waals surface area contributed by atoms with E-state index >= 15 is 0 Å². The lowest BCUT2D eigenvalue weighted by atomic mass is 10.0. The Bertz CT molecular complexity index is 799. The molecule has 0 radical (unpaired) electrons. The van der Waals surface area contributed by atoms with Gasteiger partial charge in [-0.2, -0.15) is 0 Å². The maximum atomic E-state index is 12.8. The number of para-hydroxylation sites is 1. The molecule has 2 aromatic carbocycles. The summed E-state index contributed by atoms with van der Waals surface area (Å²) in [6.07, 6.45) is 2.00. The summed E-state index contributed by atoms with van der Waals surface area (Å²) in [5, 5.41) is 4.15. The zero-order chi connectivity index (χ0) is 18.6. The van der Waals surface area contributed by atoms with E-state index in [1.165, 1.54) is 5.69 Å². The van der Waals surface area contributed by atoms with Gasteiger partial charge in [-0.15, -0.1) is 0 Å². The number of hydrogen-bond acceptors (Lipinski definition) is 4. The SMILES string of the molecule is CN(c1ccccc1)C1CCN(C(=O)[C@H]2CC(c3ccccc3)=NO2)CC1. The monoisotopic (exact) mass is 363 g/mol. The third-order valence-corrected chi connectivity index (χ3v) is 5.54. The van der Waals surface area contributed by atoms with Crippen LogP contribution in [0.5, 0.6) is 0 Å². The summed E-state index contributed by atoms with van der Waals surface area (Å²) in [6, 6.07) is 20.8. The summed E-state index contributed by atoms with van der Waals surface area (Å²) in [5.74, 6) is 0.0606. The van der Waals surface area contributed by atoms with Crippen LogP contribution in [-0.2, 0) is 9.63 Å². The van der Waals surface area contributed by atoms with Crippen molar-refractivity contribution in [3.05, 3.63) is 66.2 Å². The molecule has 5 nitrogen and oxygen atoms in total. The Morgan fingerprint density at radius 1 is 1.04 bits per heavy atom. The van der Waals surface area contributed by atoms with E-state index in [0.29, 0.717) is 12.5 Å². The van der Waals surface area contributed by atoms with Crippen molar-refractivity contribution in [2.75, 3.05) is 25.0 Å². The highest BCUT2D eigenvalue weighted by molar-refractivity contribution is 6.04. The summed E-state index contributed by atoms with van der Waals surface area (Å²) in [6.45, 7) is 1.53. The molecule has 0 N–H and O–H groups in total. The predicted molar refractivity (Wildman–Crippen MR) is 107 cm³/mol. The van der Waals surface area contributed by atoms with E-state index in [0.717, 1.165) is 37.2 Å². The van der Waals surface area contributed by atoms with Gasteiger partial charge in [0.25, 0.3) is 5.91 Å². The standard InChI is InChI=1S/C22H25N3O2/c1-24(18-10-6-3-7-11-18)19-12-14-25(15-13-19)22(26)21-16-20(23-27-21)17-8-4-2-5-9-17/h2-11,19,21H,12-16H2,1H3/t21-/m1/s1. The minimum Gasteiger partial charge on any atom is -0.382 e. The van der Waals surface area contributed by atoms with Crippen LogP contribution in [0.15, 0.2) is 65.8 Å². The number of hydrogen-bond donors (Lipinski definition) is 0. The van der Waals surface area contributed by atoms with Gasteiger partial charge in [0.15, 0.2) is 0 Å². The molecule has 0 aliphatic carbocycles. The molecule has 1 atom stereocenters. The first-order valence-corrected chi connectivity index (χ1v) is 9.57.